The third-order valence-corrected chi connectivity index (χ3v) is 8.05. The van der Waals surface area contributed by atoms with Gasteiger partial charge < -0.3 is 9.13 Å². The summed E-state index contributed by atoms with van der Waals surface area (Å²) in [6.45, 7) is 6.08. The zero-order valence-corrected chi connectivity index (χ0v) is 25.1. The van der Waals surface area contributed by atoms with Crippen molar-refractivity contribution in [1.82, 2.24) is 9.13 Å². The minimum atomic E-state index is 0.911. The Morgan fingerprint density at radius 3 is 1.56 bits per heavy atom. The Balaban J connectivity index is 0.000000152. The smallest absolute Gasteiger partial charge is 0.0484 e. The Morgan fingerprint density at radius 1 is 0.488 bits per heavy atom. The number of aromatic nitrogens is 2. The Bertz CT molecular complexity index is 1890. The monoisotopic (exact) mass is 596 g/mol. The summed E-state index contributed by atoms with van der Waals surface area (Å²) in [4.78, 5) is 0. The molecule has 0 saturated carbocycles. The Hall–Kier alpha value is -4.34. The van der Waals surface area contributed by atoms with Gasteiger partial charge in [-0.2, -0.15) is 0 Å². The molecule has 3 heteroatoms. The normalized spacial score (nSPS) is 11.0. The SMILES string of the molecule is Cc1ccc(Cn2ccc3cc(-c4ccccc4)ccc32)cc1.Cc1ccc(Cn2ccc3cc(Br)ccc32)cc1. The average Bonchev–Trinajstić information content (AvgIpc) is 3.59. The second kappa shape index (κ2) is 12.0. The first-order valence-electron chi connectivity index (χ1n) is 14.0. The van der Waals surface area contributed by atoms with Gasteiger partial charge in [0, 0.05) is 51.8 Å². The van der Waals surface area contributed by atoms with Crippen molar-refractivity contribution < 1.29 is 0 Å². The molecule has 2 heterocycles. The molecule has 7 aromatic rings. The molecular formula is C38H33BrN2. The van der Waals surface area contributed by atoms with Crippen LogP contribution < -0.4 is 0 Å². The summed E-state index contributed by atoms with van der Waals surface area (Å²) in [6, 6.07) is 45.5. The average molecular weight is 598 g/mol. The number of rotatable bonds is 5. The number of benzene rings is 5. The number of nitrogens with zero attached hydrogens (tertiary/aromatic N) is 2. The molecule has 0 saturated heterocycles. The van der Waals surface area contributed by atoms with Gasteiger partial charge in [0.15, 0.2) is 0 Å². The lowest BCUT2D eigenvalue weighted by molar-refractivity contribution is 0.836. The molecule has 202 valence electrons. The van der Waals surface area contributed by atoms with E-state index in [2.05, 4.69) is 179 Å². The van der Waals surface area contributed by atoms with Crippen LogP contribution in [0.2, 0.25) is 0 Å². The van der Waals surface area contributed by atoms with E-state index >= 15 is 0 Å². The van der Waals surface area contributed by atoms with Crippen molar-refractivity contribution in [1.29, 1.82) is 0 Å². The summed E-state index contributed by atoms with van der Waals surface area (Å²) in [5, 5.41) is 2.56. The van der Waals surface area contributed by atoms with E-state index in [1.807, 2.05) is 0 Å². The van der Waals surface area contributed by atoms with Gasteiger partial charge in [0.05, 0.1) is 0 Å². The van der Waals surface area contributed by atoms with Gasteiger partial charge in [-0.25, -0.2) is 0 Å². The molecule has 0 radical (unpaired) electrons. The molecule has 0 unspecified atom stereocenters. The lowest BCUT2D eigenvalue weighted by Gasteiger charge is -2.07. The van der Waals surface area contributed by atoms with Crippen molar-refractivity contribution in [2.75, 3.05) is 0 Å². The first-order chi connectivity index (χ1) is 20.0. The zero-order chi connectivity index (χ0) is 28.2. The summed E-state index contributed by atoms with van der Waals surface area (Å²) < 4.78 is 5.73. The summed E-state index contributed by atoms with van der Waals surface area (Å²) in [7, 11) is 0. The topological polar surface area (TPSA) is 9.86 Å². The Morgan fingerprint density at radius 2 is 1.00 bits per heavy atom. The molecule has 2 aromatic heterocycles. The second-order valence-electron chi connectivity index (χ2n) is 10.7. The standard InChI is InChI=1S/C22H19N.C16H14BrN/c1-17-7-9-18(10-8-17)16-23-14-13-21-15-20(11-12-22(21)23)19-5-3-2-4-6-19;1-12-2-4-13(5-3-12)11-18-9-8-14-10-15(17)6-7-16(14)18/h2-15H,16H2,1H3;2-10H,11H2,1H3. The molecule has 0 aliphatic heterocycles. The molecule has 2 nitrogen and oxygen atoms in total. The highest BCUT2D eigenvalue weighted by Gasteiger charge is 2.05. The maximum atomic E-state index is 3.51. The minimum Gasteiger partial charge on any atom is -0.343 e. The van der Waals surface area contributed by atoms with Crippen molar-refractivity contribution >= 4 is 37.7 Å². The van der Waals surface area contributed by atoms with Gasteiger partial charge in [0.2, 0.25) is 0 Å². The van der Waals surface area contributed by atoms with Crippen LogP contribution in [0.3, 0.4) is 0 Å². The van der Waals surface area contributed by atoms with Crippen molar-refractivity contribution in [2.45, 2.75) is 26.9 Å². The van der Waals surface area contributed by atoms with Gasteiger partial charge in [-0.05, 0) is 78.6 Å². The zero-order valence-electron chi connectivity index (χ0n) is 23.5. The first-order valence-corrected chi connectivity index (χ1v) is 14.8. The third-order valence-electron chi connectivity index (χ3n) is 7.56. The van der Waals surface area contributed by atoms with E-state index in [0.717, 1.165) is 17.6 Å². The predicted molar refractivity (Wildman–Crippen MR) is 178 cm³/mol. The van der Waals surface area contributed by atoms with E-state index in [1.54, 1.807) is 0 Å². The van der Waals surface area contributed by atoms with Crippen LogP contribution >= 0.6 is 15.9 Å². The fraction of sp³-hybridized carbons (Fsp3) is 0.105. The summed E-state index contributed by atoms with van der Waals surface area (Å²) in [5.41, 5.74) is 10.4. The number of halogens is 1. The van der Waals surface area contributed by atoms with Gasteiger partial charge in [0.25, 0.3) is 0 Å². The lowest BCUT2D eigenvalue weighted by Crippen LogP contribution is -1.97. The van der Waals surface area contributed by atoms with Crippen molar-refractivity contribution in [2.24, 2.45) is 0 Å². The molecule has 0 amide bonds. The predicted octanol–water partition coefficient (Wildman–Crippen LogP) is 10.4. The molecule has 0 bridgehead atoms. The Labute approximate surface area is 250 Å². The van der Waals surface area contributed by atoms with Crippen LogP contribution in [-0.4, -0.2) is 9.13 Å². The van der Waals surface area contributed by atoms with Gasteiger partial charge in [0.1, 0.15) is 0 Å². The van der Waals surface area contributed by atoms with Crippen LogP contribution in [0, 0.1) is 13.8 Å². The summed E-state index contributed by atoms with van der Waals surface area (Å²) in [6.07, 6.45) is 4.33. The molecule has 41 heavy (non-hydrogen) atoms. The van der Waals surface area contributed by atoms with E-state index in [9.17, 15) is 0 Å². The molecule has 0 aliphatic rings. The first kappa shape index (κ1) is 26.9. The highest BCUT2D eigenvalue weighted by Crippen LogP contribution is 2.26. The van der Waals surface area contributed by atoms with Crippen LogP contribution in [0.25, 0.3) is 32.9 Å². The number of hydrogen-bond acceptors (Lipinski definition) is 0. The van der Waals surface area contributed by atoms with Crippen LogP contribution in [0.1, 0.15) is 22.3 Å². The summed E-state index contributed by atoms with van der Waals surface area (Å²) in [5.74, 6) is 0. The second-order valence-corrected chi connectivity index (χ2v) is 11.6. The van der Waals surface area contributed by atoms with Crippen molar-refractivity contribution in [3.05, 3.63) is 167 Å². The molecule has 7 rings (SSSR count). The lowest BCUT2D eigenvalue weighted by atomic mass is 10.0. The van der Waals surface area contributed by atoms with Gasteiger partial charge in [-0.15, -0.1) is 0 Å². The fourth-order valence-electron chi connectivity index (χ4n) is 5.24. The van der Waals surface area contributed by atoms with E-state index in [1.165, 1.54) is 55.2 Å². The highest BCUT2D eigenvalue weighted by atomic mass is 79.9. The Kier molecular flexibility index (Phi) is 7.89. The van der Waals surface area contributed by atoms with E-state index < -0.39 is 0 Å². The van der Waals surface area contributed by atoms with Crippen molar-refractivity contribution in [3.8, 4) is 11.1 Å². The van der Waals surface area contributed by atoms with Crippen LogP contribution in [0.15, 0.2) is 144 Å². The molecule has 0 atom stereocenters. The molecule has 5 aromatic carbocycles. The number of hydrogen-bond donors (Lipinski definition) is 0. The molecule has 0 spiro atoms. The maximum Gasteiger partial charge on any atom is 0.0484 e. The largest absolute Gasteiger partial charge is 0.343 e. The molecular weight excluding hydrogens is 564 g/mol. The molecule has 0 N–H and O–H groups in total. The number of fused-ring (bicyclic) bond motifs is 2. The quantitative estimate of drug-likeness (QED) is 0.187. The van der Waals surface area contributed by atoms with Gasteiger partial charge in [-0.1, -0.05) is 112 Å². The van der Waals surface area contributed by atoms with E-state index in [0.29, 0.717) is 0 Å². The van der Waals surface area contributed by atoms with Gasteiger partial charge in [-0.3, -0.25) is 0 Å². The number of aryl methyl sites for hydroxylation is 2. The maximum absolute atomic E-state index is 3.51. The molecule has 0 aliphatic carbocycles. The van der Waals surface area contributed by atoms with Crippen LogP contribution in [-0.2, 0) is 13.1 Å². The van der Waals surface area contributed by atoms with Gasteiger partial charge >= 0.3 is 0 Å². The van der Waals surface area contributed by atoms with Crippen LogP contribution in [0.4, 0.5) is 0 Å². The van der Waals surface area contributed by atoms with Crippen molar-refractivity contribution in [3.63, 3.8) is 0 Å². The fourth-order valence-corrected chi connectivity index (χ4v) is 5.62. The minimum absolute atomic E-state index is 0.911. The summed E-state index contributed by atoms with van der Waals surface area (Å²) >= 11 is 3.51. The van der Waals surface area contributed by atoms with E-state index in [4.69, 9.17) is 0 Å². The van der Waals surface area contributed by atoms with Crippen LogP contribution in [0.5, 0.6) is 0 Å². The third kappa shape index (κ3) is 6.37. The molecule has 0 fully saturated rings. The highest BCUT2D eigenvalue weighted by molar-refractivity contribution is 9.10. The van der Waals surface area contributed by atoms with E-state index in [-0.39, 0.29) is 0 Å².